The van der Waals surface area contributed by atoms with Crippen molar-refractivity contribution in [1.82, 2.24) is 10.2 Å². The number of terminal acetylenes is 1. The molecule has 0 aromatic heterocycles. The van der Waals surface area contributed by atoms with Crippen molar-refractivity contribution >= 4 is 0 Å². The molecule has 0 saturated carbocycles. The highest BCUT2D eigenvalue weighted by atomic mass is 16.7. The number of nitrogens with zero attached hydrogens (tertiary/aromatic N) is 1. The van der Waals surface area contributed by atoms with Gasteiger partial charge in [-0.05, 0) is 32.6 Å². The molecule has 0 saturated heterocycles. The maximum Gasteiger partial charge on any atom is 0.231 e. The maximum absolute atomic E-state index is 5.46. The molecule has 0 amide bonds. The maximum atomic E-state index is 5.46. The molecule has 2 rings (SSSR count). The first kappa shape index (κ1) is 13.7. The van der Waals surface area contributed by atoms with Crippen LogP contribution in [0.4, 0.5) is 0 Å². The van der Waals surface area contributed by atoms with Gasteiger partial charge in [-0.1, -0.05) is 18.1 Å². The Morgan fingerprint density at radius 1 is 1.42 bits per heavy atom. The molecule has 4 heteroatoms. The van der Waals surface area contributed by atoms with Gasteiger partial charge in [0.1, 0.15) is 0 Å². The van der Waals surface area contributed by atoms with Crippen molar-refractivity contribution in [3.05, 3.63) is 23.8 Å². The Balaban J connectivity index is 1.69. The molecule has 0 fully saturated rings. The molecule has 1 aliphatic rings. The van der Waals surface area contributed by atoms with E-state index in [1.165, 1.54) is 0 Å². The van der Waals surface area contributed by atoms with Crippen LogP contribution in [0.1, 0.15) is 12.0 Å². The summed E-state index contributed by atoms with van der Waals surface area (Å²) < 4.78 is 10.8. The van der Waals surface area contributed by atoms with Gasteiger partial charge in [0.2, 0.25) is 6.79 Å². The fraction of sp³-hybridized carbons (Fsp3) is 0.467. The van der Waals surface area contributed by atoms with Gasteiger partial charge in [0.15, 0.2) is 11.5 Å². The van der Waals surface area contributed by atoms with Crippen molar-refractivity contribution < 1.29 is 9.47 Å². The van der Waals surface area contributed by atoms with Crippen LogP contribution < -0.4 is 14.8 Å². The summed E-state index contributed by atoms with van der Waals surface area (Å²) in [6.45, 7) is 3.79. The predicted octanol–water partition coefficient (Wildman–Crippen LogP) is 1.46. The van der Waals surface area contributed by atoms with E-state index < -0.39 is 0 Å². The Hall–Kier alpha value is -1.70. The highest BCUT2D eigenvalue weighted by Gasteiger charge is 2.16. The van der Waals surface area contributed by atoms with Gasteiger partial charge in [-0.3, -0.25) is 4.90 Å². The topological polar surface area (TPSA) is 33.7 Å². The molecular weight excluding hydrogens is 240 g/mol. The summed E-state index contributed by atoms with van der Waals surface area (Å²) in [4.78, 5) is 2.14. The molecule has 0 atom stereocenters. The van der Waals surface area contributed by atoms with E-state index >= 15 is 0 Å². The number of rotatable bonds is 7. The second kappa shape index (κ2) is 7.03. The van der Waals surface area contributed by atoms with E-state index in [9.17, 15) is 0 Å². The second-order valence-electron chi connectivity index (χ2n) is 4.62. The van der Waals surface area contributed by atoms with Crippen molar-refractivity contribution in [1.29, 1.82) is 0 Å². The first-order valence-corrected chi connectivity index (χ1v) is 6.51. The van der Waals surface area contributed by atoms with Crippen LogP contribution in [0.15, 0.2) is 18.2 Å². The Morgan fingerprint density at radius 3 is 3.16 bits per heavy atom. The number of para-hydroxylation sites is 1. The lowest BCUT2D eigenvalue weighted by Crippen LogP contribution is -2.24. The lowest BCUT2D eigenvalue weighted by Gasteiger charge is -2.13. The molecule has 19 heavy (non-hydrogen) atoms. The molecule has 1 N–H and O–H groups in total. The molecule has 0 radical (unpaired) electrons. The first-order valence-electron chi connectivity index (χ1n) is 6.51. The Bertz CT molecular complexity index is 454. The van der Waals surface area contributed by atoms with E-state index in [1.807, 2.05) is 19.2 Å². The molecule has 1 heterocycles. The van der Waals surface area contributed by atoms with Gasteiger partial charge in [-0.25, -0.2) is 0 Å². The van der Waals surface area contributed by atoms with Gasteiger partial charge in [-0.15, -0.1) is 6.42 Å². The van der Waals surface area contributed by atoms with E-state index in [4.69, 9.17) is 15.9 Å². The van der Waals surface area contributed by atoms with Crippen molar-refractivity contribution in [3.8, 4) is 23.8 Å². The third kappa shape index (κ3) is 3.88. The van der Waals surface area contributed by atoms with Crippen LogP contribution in [0.5, 0.6) is 11.5 Å². The van der Waals surface area contributed by atoms with E-state index in [2.05, 4.69) is 22.2 Å². The lowest BCUT2D eigenvalue weighted by atomic mass is 10.2. The summed E-state index contributed by atoms with van der Waals surface area (Å²) >= 11 is 0. The summed E-state index contributed by atoms with van der Waals surface area (Å²) in [5, 5.41) is 3.41. The third-order valence-corrected chi connectivity index (χ3v) is 3.05. The quantitative estimate of drug-likeness (QED) is 0.594. The fourth-order valence-corrected chi connectivity index (χ4v) is 2.06. The normalized spacial score (nSPS) is 12.7. The molecule has 0 aliphatic carbocycles. The molecule has 0 unspecified atom stereocenters. The summed E-state index contributed by atoms with van der Waals surface area (Å²) in [6, 6.07) is 5.98. The zero-order chi connectivity index (χ0) is 13.5. The summed E-state index contributed by atoms with van der Waals surface area (Å²) in [5.74, 6) is 4.35. The van der Waals surface area contributed by atoms with Gasteiger partial charge in [-0.2, -0.15) is 0 Å². The number of nitrogens with one attached hydrogen (secondary N) is 1. The zero-order valence-corrected chi connectivity index (χ0v) is 11.3. The largest absolute Gasteiger partial charge is 0.454 e. The van der Waals surface area contributed by atoms with Gasteiger partial charge in [0.05, 0.1) is 6.54 Å². The third-order valence-electron chi connectivity index (χ3n) is 3.05. The van der Waals surface area contributed by atoms with Gasteiger partial charge in [0, 0.05) is 12.1 Å². The molecular formula is C15H20N2O2. The summed E-state index contributed by atoms with van der Waals surface area (Å²) in [5.41, 5.74) is 1.15. The van der Waals surface area contributed by atoms with Gasteiger partial charge < -0.3 is 14.8 Å². The monoisotopic (exact) mass is 260 g/mol. The van der Waals surface area contributed by atoms with Crippen LogP contribution in [-0.4, -0.2) is 38.4 Å². The minimum Gasteiger partial charge on any atom is -0.454 e. The molecule has 0 bridgehead atoms. The Morgan fingerprint density at radius 2 is 2.32 bits per heavy atom. The van der Waals surface area contributed by atoms with Gasteiger partial charge in [0.25, 0.3) is 0 Å². The highest BCUT2D eigenvalue weighted by Crippen LogP contribution is 2.35. The first-order chi connectivity index (χ1) is 9.31. The lowest BCUT2D eigenvalue weighted by molar-refractivity contribution is 0.173. The van der Waals surface area contributed by atoms with Crippen LogP contribution in [0.25, 0.3) is 0 Å². The van der Waals surface area contributed by atoms with E-state index in [1.54, 1.807) is 0 Å². The summed E-state index contributed by atoms with van der Waals surface area (Å²) in [7, 11) is 2.04. The molecule has 1 aromatic rings. The second-order valence-corrected chi connectivity index (χ2v) is 4.62. The number of hydrogen-bond donors (Lipinski definition) is 1. The molecule has 4 nitrogen and oxygen atoms in total. The standard InChI is InChI=1S/C15H20N2O2/c1-3-9-17(2)10-5-8-16-11-13-6-4-7-14-15(13)19-12-18-14/h1,4,6-7,16H,5,8-12H2,2H3. The van der Waals surface area contributed by atoms with Crippen molar-refractivity contribution in [3.63, 3.8) is 0 Å². The minimum absolute atomic E-state index is 0.323. The Labute approximate surface area is 114 Å². The molecule has 1 aromatic carbocycles. The zero-order valence-electron chi connectivity index (χ0n) is 11.3. The van der Waals surface area contributed by atoms with Gasteiger partial charge >= 0.3 is 0 Å². The number of fused-ring (bicyclic) bond motifs is 1. The smallest absolute Gasteiger partial charge is 0.231 e. The van der Waals surface area contributed by atoms with E-state index in [0.29, 0.717) is 13.3 Å². The summed E-state index contributed by atoms with van der Waals surface area (Å²) in [6.07, 6.45) is 6.33. The van der Waals surface area contributed by atoms with Crippen LogP contribution in [-0.2, 0) is 6.54 Å². The average molecular weight is 260 g/mol. The number of benzene rings is 1. The molecule has 0 spiro atoms. The molecule has 1 aliphatic heterocycles. The van der Waals surface area contributed by atoms with Crippen molar-refractivity contribution in [2.45, 2.75) is 13.0 Å². The Kier molecular flexibility index (Phi) is 5.08. The average Bonchev–Trinajstić information content (AvgIpc) is 2.87. The SMILES string of the molecule is C#CCN(C)CCCNCc1cccc2c1OCO2. The van der Waals surface area contributed by atoms with Crippen LogP contribution in [0.3, 0.4) is 0 Å². The van der Waals surface area contributed by atoms with E-state index in [0.717, 1.165) is 43.1 Å². The highest BCUT2D eigenvalue weighted by molar-refractivity contribution is 5.48. The van der Waals surface area contributed by atoms with Crippen molar-refractivity contribution in [2.24, 2.45) is 0 Å². The fourth-order valence-electron chi connectivity index (χ4n) is 2.06. The van der Waals surface area contributed by atoms with Crippen LogP contribution in [0, 0.1) is 12.3 Å². The van der Waals surface area contributed by atoms with Crippen LogP contribution >= 0.6 is 0 Å². The number of hydrogen-bond acceptors (Lipinski definition) is 4. The number of ether oxygens (including phenoxy) is 2. The predicted molar refractivity (Wildman–Crippen MR) is 75.2 cm³/mol. The molecule has 102 valence electrons. The van der Waals surface area contributed by atoms with E-state index in [-0.39, 0.29) is 0 Å². The van der Waals surface area contributed by atoms with Crippen LogP contribution in [0.2, 0.25) is 0 Å². The van der Waals surface area contributed by atoms with Crippen molar-refractivity contribution in [2.75, 3.05) is 33.5 Å². The minimum atomic E-state index is 0.323.